The average molecular weight is 256 g/mol. The molecule has 1 N–H and O–H groups in total. The topological polar surface area (TPSA) is 20.2 Å². The van der Waals surface area contributed by atoms with E-state index in [1.807, 2.05) is 13.8 Å². The fourth-order valence-corrected chi connectivity index (χ4v) is 2.42. The van der Waals surface area contributed by atoms with E-state index in [4.69, 9.17) is 0 Å². The van der Waals surface area contributed by atoms with E-state index in [9.17, 15) is 5.11 Å². The number of hydrogen-bond acceptors (Lipinski definition) is 1. The van der Waals surface area contributed by atoms with Crippen molar-refractivity contribution in [2.24, 2.45) is 11.8 Å². The molecule has 0 aliphatic heterocycles. The number of unbranched alkanes of at least 4 members (excludes halogenated alkanes) is 3. The summed E-state index contributed by atoms with van der Waals surface area (Å²) in [5.41, 5.74) is -0.470. The monoisotopic (exact) mass is 256 g/mol. The molecule has 0 aromatic carbocycles. The summed E-state index contributed by atoms with van der Waals surface area (Å²) in [5, 5.41) is 9.61. The third-order valence-electron chi connectivity index (χ3n) is 3.71. The fraction of sp³-hybridized carbons (Fsp3) is 1.00. The van der Waals surface area contributed by atoms with Crippen molar-refractivity contribution >= 4 is 0 Å². The highest BCUT2D eigenvalue weighted by Gasteiger charge is 2.11. The van der Waals surface area contributed by atoms with Crippen molar-refractivity contribution in [2.75, 3.05) is 0 Å². The summed E-state index contributed by atoms with van der Waals surface area (Å²) in [7, 11) is 0. The molecular weight excluding hydrogens is 220 g/mol. The molecule has 0 aliphatic carbocycles. The van der Waals surface area contributed by atoms with Gasteiger partial charge in [-0.2, -0.15) is 0 Å². The van der Waals surface area contributed by atoms with Crippen LogP contribution < -0.4 is 0 Å². The van der Waals surface area contributed by atoms with Gasteiger partial charge >= 0.3 is 0 Å². The van der Waals surface area contributed by atoms with Gasteiger partial charge in [0.05, 0.1) is 5.60 Å². The smallest absolute Gasteiger partial charge is 0.0591 e. The van der Waals surface area contributed by atoms with Crippen molar-refractivity contribution in [1.82, 2.24) is 0 Å². The lowest BCUT2D eigenvalue weighted by atomic mass is 9.94. The van der Waals surface area contributed by atoms with E-state index in [1.54, 1.807) is 0 Å². The minimum Gasteiger partial charge on any atom is -0.390 e. The summed E-state index contributed by atoms with van der Waals surface area (Å²) >= 11 is 0. The van der Waals surface area contributed by atoms with Crippen LogP contribution in [0.4, 0.5) is 0 Å². The van der Waals surface area contributed by atoms with Crippen LogP contribution in [-0.4, -0.2) is 10.7 Å². The molecule has 1 nitrogen and oxygen atoms in total. The molecule has 1 atom stereocenters. The van der Waals surface area contributed by atoms with Crippen LogP contribution in [0.1, 0.15) is 92.4 Å². The highest BCUT2D eigenvalue weighted by molar-refractivity contribution is 4.64. The SMILES string of the molecule is CC(C)CCCCC(C)CCCCCC(C)(C)O. The third-order valence-corrected chi connectivity index (χ3v) is 3.71. The molecule has 0 aromatic rings. The minimum absolute atomic E-state index is 0.470. The molecule has 0 heterocycles. The molecular formula is C17H36O. The quantitative estimate of drug-likeness (QED) is 0.480. The van der Waals surface area contributed by atoms with Gasteiger partial charge in [0.15, 0.2) is 0 Å². The van der Waals surface area contributed by atoms with Crippen molar-refractivity contribution < 1.29 is 5.11 Å². The molecule has 0 bridgehead atoms. The predicted molar refractivity (Wildman–Crippen MR) is 81.9 cm³/mol. The summed E-state index contributed by atoms with van der Waals surface area (Å²) in [6.07, 6.45) is 11.7. The van der Waals surface area contributed by atoms with Crippen molar-refractivity contribution in [2.45, 2.75) is 98.0 Å². The molecule has 0 rings (SSSR count). The lowest BCUT2D eigenvalue weighted by molar-refractivity contribution is 0.0679. The van der Waals surface area contributed by atoms with Crippen molar-refractivity contribution in [3.05, 3.63) is 0 Å². The van der Waals surface area contributed by atoms with Crippen LogP contribution in [0.25, 0.3) is 0 Å². The highest BCUT2D eigenvalue weighted by atomic mass is 16.3. The van der Waals surface area contributed by atoms with E-state index in [0.717, 1.165) is 18.3 Å². The van der Waals surface area contributed by atoms with Crippen molar-refractivity contribution in [1.29, 1.82) is 0 Å². The van der Waals surface area contributed by atoms with Gasteiger partial charge in [0.1, 0.15) is 0 Å². The van der Waals surface area contributed by atoms with Crippen molar-refractivity contribution in [3.8, 4) is 0 Å². The second kappa shape index (κ2) is 9.83. The first-order valence-corrected chi connectivity index (χ1v) is 8.03. The summed E-state index contributed by atoms with van der Waals surface area (Å²) in [5.74, 6) is 1.75. The Morgan fingerprint density at radius 2 is 1.28 bits per heavy atom. The second-order valence-corrected chi connectivity index (χ2v) is 7.20. The van der Waals surface area contributed by atoms with Crippen LogP contribution in [0, 0.1) is 11.8 Å². The maximum absolute atomic E-state index is 9.61. The van der Waals surface area contributed by atoms with E-state index in [2.05, 4.69) is 20.8 Å². The van der Waals surface area contributed by atoms with Crippen LogP contribution in [0.5, 0.6) is 0 Å². The Bertz CT molecular complexity index is 179. The van der Waals surface area contributed by atoms with Gasteiger partial charge in [0.25, 0.3) is 0 Å². The molecule has 18 heavy (non-hydrogen) atoms. The molecule has 0 aliphatic rings. The van der Waals surface area contributed by atoms with Crippen LogP contribution in [-0.2, 0) is 0 Å². The van der Waals surface area contributed by atoms with Crippen molar-refractivity contribution in [3.63, 3.8) is 0 Å². The van der Waals surface area contributed by atoms with Gasteiger partial charge in [-0.3, -0.25) is 0 Å². The maximum atomic E-state index is 9.61. The van der Waals surface area contributed by atoms with Gasteiger partial charge < -0.3 is 5.11 Å². The Labute approximate surface area is 115 Å². The van der Waals surface area contributed by atoms with Gasteiger partial charge in [-0.15, -0.1) is 0 Å². The molecule has 1 heteroatoms. The lowest BCUT2D eigenvalue weighted by Crippen LogP contribution is -2.17. The third kappa shape index (κ3) is 14.0. The first-order chi connectivity index (χ1) is 8.31. The number of hydrogen-bond donors (Lipinski definition) is 1. The normalized spacial score (nSPS) is 14.2. The van der Waals surface area contributed by atoms with E-state index < -0.39 is 5.60 Å². The van der Waals surface area contributed by atoms with Gasteiger partial charge in [-0.25, -0.2) is 0 Å². The molecule has 0 aromatic heterocycles. The highest BCUT2D eigenvalue weighted by Crippen LogP contribution is 2.19. The van der Waals surface area contributed by atoms with E-state index >= 15 is 0 Å². The molecule has 0 fully saturated rings. The standard InChI is InChI=1S/C17H36O/c1-15(2)11-8-9-13-16(3)12-7-6-10-14-17(4,5)18/h15-16,18H,6-14H2,1-5H3. The van der Waals surface area contributed by atoms with Crippen LogP contribution in [0.3, 0.4) is 0 Å². The zero-order chi connectivity index (χ0) is 14.0. The Morgan fingerprint density at radius 3 is 1.78 bits per heavy atom. The summed E-state index contributed by atoms with van der Waals surface area (Å²) < 4.78 is 0. The van der Waals surface area contributed by atoms with Crippen LogP contribution in [0.15, 0.2) is 0 Å². The largest absolute Gasteiger partial charge is 0.390 e. The first-order valence-electron chi connectivity index (χ1n) is 8.03. The summed E-state index contributed by atoms with van der Waals surface area (Å²) in [4.78, 5) is 0. The van der Waals surface area contributed by atoms with E-state index in [-0.39, 0.29) is 0 Å². The Balaban J connectivity index is 3.29. The van der Waals surface area contributed by atoms with E-state index in [1.165, 1.54) is 51.4 Å². The number of aliphatic hydroxyl groups is 1. The van der Waals surface area contributed by atoms with Gasteiger partial charge in [-0.1, -0.05) is 72.1 Å². The molecule has 0 radical (unpaired) electrons. The van der Waals surface area contributed by atoms with Crippen LogP contribution in [0.2, 0.25) is 0 Å². The maximum Gasteiger partial charge on any atom is 0.0591 e. The Hall–Kier alpha value is -0.0400. The summed E-state index contributed by atoms with van der Waals surface area (Å²) in [6, 6.07) is 0. The second-order valence-electron chi connectivity index (χ2n) is 7.20. The molecule has 0 saturated heterocycles. The first kappa shape index (κ1) is 18.0. The molecule has 0 saturated carbocycles. The molecule has 0 spiro atoms. The molecule has 110 valence electrons. The van der Waals surface area contributed by atoms with E-state index in [0.29, 0.717) is 0 Å². The predicted octanol–water partition coefficient (Wildman–Crippen LogP) is 5.56. The minimum atomic E-state index is -0.470. The Morgan fingerprint density at radius 1 is 0.778 bits per heavy atom. The number of rotatable bonds is 11. The average Bonchev–Trinajstić information content (AvgIpc) is 2.22. The summed E-state index contributed by atoms with van der Waals surface area (Å²) in [6.45, 7) is 10.8. The zero-order valence-electron chi connectivity index (χ0n) is 13.5. The molecule has 0 amide bonds. The molecule has 1 unspecified atom stereocenters. The zero-order valence-corrected chi connectivity index (χ0v) is 13.5. The fourth-order valence-electron chi connectivity index (χ4n) is 2.42. The van der Waals surface area contributed by atoms with Gasteiger partial charge in [-0.05, 0) is 32.1 Å². The lowest BCUT2D eigenvalue weighted by Gasteiger charge is -2.17. The Kier molecular flexibility index (Phi) is 9.81. The van der Waals surface area contributed by atoms with Gasteiger partial charge in [0, 0.05) is 0 Å². The van der Waals surface area contributed by atoms with Crippen LogP contribution >= 0.6 is 0 Å². The van der Waals surface area contributed by atoms with Gasteiger partial charge in [0.2, 0.25) is 0 Å².